The first-order chi connectivity index (χ1) is 5.37. The van der Waals surface area contributed by atoms with E-state index in [9.17, 15) is 0 Å². The Balaban J connectivity index is 4.17. The molecular formula is C10H21NS. The Morgan fingerprint density at radius 2 is 1.92 bits per heavy atom. The van der Waals surface area contributed by atoms with Gasteiger partial charge in [-0.15, -0.1) is 0 Å². The van der Waals surface area contributed by atoms with Gasteiger partial charge in [0.15, 0.2) is 0 Å². The lowest BCUT2D eigenvalue weighted by molar-refractivity contribution is 0.582. The van der Waals surface area contributed by atoms with E-state index in [1.54, 1.807) is 0 Å². The van der Waals surface area contributed by atoms with Gasteiger partial charge in [-0.3, -0.25) is 4.99 Å². The zero-order chi connectivity index (χ0) is 9.78. The summed E-state index contributed by atoms with van der Waals surface area (Å²) in [5, 5.41) is 0.564. The molecule has 12 heavy (non-hydrogen) atoms. The summed E-state index contributed by atoms with van der Waals surface area (Å²) in [4.78, 5) is 4.62. The fraction of sp³-hybridized carbons (Fsp3) is 0.900. The minimum Gasteiger partial charge on any atom is -0.288 e. The van der Waals surface area contributed by atoms with Crippen molar-refractivity contribution in [2.75, 3.05) is 5.75 Å². The number of hydrogen-bond acceptors (Lipinski definition) is 2. The van der Waals surface area contributed by atoms with Crippen LogP contribution in [-0.2, 0) is 0 Å². The fourth-order valence-corrected chi connectivity index (χ4v) is 1.78. The number of aliphatic imine (C=N–C) groups is 1. The van der Waals surface area contributed by atoms with Crippen LogP contribution in [0.25, 0.3) is 0 Å². The van der Waals surface area contributed by atoms with E-state index in [1.807, 2.05) is 11.8 Å². The maximum atomic E-state index is 4.62. The molecule has 0 amide bonds. The molecule has 0 saturated carbocycles. The summed E-state index contributed by atoms with van der Waals surface area (Å²) < 4.78 is 0. The van der Waals surface area contributed by atoms with Crippen molar-refractivity contribution < 1.29 is 0 Å². The molecule has 0 aromatic rings. The zero-order valence-electron chi connectivity index (χ0n) is 9.14. The fourth-order valence-electron chi connectivity index (χ4n) is 0.991. The zero-order valence-corrected chi connectivity index (χ0v) is 9.96. The van der Waals surface area contributed by atoms with Crippen LogP contribution < -0.4 is 0 Å². The summed E-state index contributed by atoms with van der Waals surface area (Å²) in [6.07, 6.45) is 0. The van der Waals surface area contributed by atoms with Crippen LogP contribution in [0.5, 0.6) is 0 Å². The highest BCUT2D eigenvalue weighted by molar-refractivity contribution is 8.00. The van der Waals surface area contributed by atoms with Crippen LogP contribution in [-0.4, -0.2) is 22.3 Å². The molecule has 0 spiro atoms. The van der Waals surface area contributed by atoms with Crippen molar-refractivity contribution in [3.63, 3.8) is 0 Å². The van der Waals surface area contributed by atoms with Crippen LogP contribution >= 0.6 is 11.8 Å². The number of hydrogen-bond donors (Lipinski definition) is 0. The van der Waals surface area contributed by atoms with Crippen LogP contribution in [0.15, 0.2) is 4.99 Å². The van der Waals surface area contributed by atoms with Gasteiger partial charge in [-0.2, -0.15) is 11.8 Å². The van der Waals surface area contributed by atoms with Gasteiger partial charge in [-0.1, -0.05) is 6.92 Å². The molecule has 0 fully saturated rings. The first-order valence-corrected chi connectivity index (χ1v) is 5.59. The Labute approximate surface area is 81.0 Å². The molecule has 0 rings (SSSR count). The van der Waals surface area contributed by atoms with Crippen LogP contribution in [0.1, 0.15) is 41.5 Å². The predicted octanol–water partition coefficient (Wildman–Crippen LogP) is 3.39. The van der Waals surface area contributed by atoms with Gasteiger partial charge in [-0.25, -0.2) is 0 Å². The van der Waals surface area contributed by atoms with E-state index in [-0.39, 0.29) is 5.54 Å². The van der Waals surface area contributed by atoms with Gasteiger partial charge >= 0.3 is 0 Å². The monoisotopic (exact) mass is 187 g/mol. The van der Waals surface area contributed by atoms with Gasteiger partial charge in [0.1, 0.15) is 0 Å². The molecule has 0 aromatic carbocycles. The highest BCUT2D eigenvalue weighted by Gasteiger charge is 2.11. The first kappa shape index (κ1) is 12.0. The van der Waals surface area contributed by atoms with Gasteiger partial charge in [0.2, 0.25) is 0 Å². The molecule has 1 unspecified atom stereocenters. The van der Waals surface area contributed by atoms with Crippen LogP contribution in [0, 0.1) is 0 Å². The largest absolute Gasteiger partial charge is 0.288 e. The van der Waals surface area contributed by atoms with Crippen molar-refractivity contribution in [1.82, 2.24) is 0 Å². The number of nitrogens with zero attached hydrogens (tertiary/aromatic N) is 1. The maximum absolute atomic E-state index is 4.62. The molecule has 0 heterocycles. The molecule has 0 saturated heterocycles. The van der Waals surface area contributed by atoms with Gasteiger partial charge in [0.25, 0.3) is 0 Å². The lowest BCUT2D eigenvalue weighted by Crippen LogP contribution is -2.18. The van der Waals surface area contributed by atoms with Gasteiger partial charge in [0, 0.05) is 11.0 Å². The molecule has 0 N–H and O–H groups in total. The Kier molecular flexibility index (Phi) is 4.91. The summed E-state index contributed by atoms with van der Waals surface area (Å²) in [7, 11) is 0. The average molecular weight is 187 g/mol. The Hall–Kier alpha value is 0.0200. The SMILES string of the molecule is CCSC(C)/C(C)=N\C(C)(C)C. The molecule has 1 nitrogen and oxygen atoms in total. The van der Waals surface area contributed by atoms with E-state index in [1.165, 1.54) is 5.71 Å². The minimum atomic E-state index is 0.0760. The standard InChI is InChI=1S/C10H21NS/c1-7-12-9(3)8(2)11-10(4,5)6/h9H,7H2,1-6H3/b11-8-. The summed E-state index contributed by atoms with van der Waals surface area (Å²) in [6.45, 7) is 12.9. The molecule has 0 aliphatic heterocycles. The summed E-state index contributed by atoms with van der Waals surface area (Å²) in [6, 6.07) is 0. The summed E-state index contributed by atoms with van der Waals surface area (Å²) in [5.41, 5.74) is 1.33. The van der Waals surface area contributed by atoms with Crippen LogP contribution in [0.4, 0.5) is 0 Å². The van der Waals surface area contributed by atoms with Gasteiger partial charge in [-0.05, 0) is 40.4 Å². The maximum Gasteiger partial charge on any atom is 0.0523 e. The third-order valence-electron chi connectivity index (χ3n) is 1.52. The van der Waals surface area contributed by atoms with Gasteiger partial charge in [0.05, 0.1) is 5.54 Å². The second-order valence-electron chi connectivity index (χ2n) is 4.02. The molecule has 1 atom stereocenters. The molecule has 72 valence electrons. The van der Waals surface area contributed by atoms with Crippen molar-refractivity contribution in [2.24, 2.45) is 4.99 Å². The molecule has 0 bridgehead atoms. The lowest BCUT2D eigenvalue weighted by atomic mass is 10.1. The highest BCUT2D eigenvalue weighted by atomic mass is 32.2. The highest BCUT2D eigenvalue weighted by Crippen LogP contribution is 2.15. The molecule has 0 aliphatic rings. The minimum absolute atomic E-state index is 0.0760. The van der Waals surface area contributed by atoms with Crippen molar-refractivity contribution >= 4 is 17.5 Å². The van der Waals surface area contributed by atoms with E-state index in [0.29, 0.717) is 5.25 Å². The average Bonchev–Trinajstić information content (AvgIpc) is 1.84. The molecule has 0 radical (unpaired) electrons. The van der Waals surface area contributed by atoms with Crippen molar-refractivity contribution in [2.45, 2.75) is 52.3 Å². The van der Waals surface area contributed by atoms with E-state index >= 15 is 0 Å². The quantitative estimate of drug-likeness (QED) is 0.617. The Morgan fingerprint density at radius 3 is 2.25 bits per heavy atom. The van der Waals surface area contributed by atoms with Crippen LogP contribution in [0.3, 0.4) is 0 Å². The smallest absolute Gasteiger partial charge is 0.0523 e. The second-order valence-corrected chi connectivity index (χ2v) is 5.64. The molecule has 0 aliphatic carbocycles. The van der Waals surface area contributed by atoms with Crippen molar-refractivity contribution in [1.29, 1.82) is 0 Å². The summed E-state index contributed by atoms with van der Waals surface area (Å²) in [5.74, 6) is 1.16. The number of thioether (sulfide) groups is 1. The Morgan fingerprint density at radius 1 is 1.42 bits per heavy atom. The van der Waals surface area contributed by atoms with E-state index in [0.717, 1.165) is 5.75 Å². The van der Waals surface area contributed by atoms with Crippen LogP contribution in [0.2, 0.25) is 0 Å². The predicted molar refractivity (Wildman–Crippen MR) is 60.5 cm³/mol. The molecule has 0 aromatic heterocycles. The normalized spacial score (nSPS) is 16.3. The topological polar surface area (TPSA) is 12.4 Å². The third-order valence-corrected chi connectivity index (χ3v) is 2.69. The third kappa shape index (κ3) is 5.64. The lowest BCUT2D eigenvalue weighted by Gasteiger charge is -2.17. The molecule has 2 heteroatoms. The van der Waals surface area contributed by atoms with Crippen molar-refractivity contribution in [3.05, 3.63) is 0 Å². The Bertz CT molecular complexity index is 156. The second kappa shape index (κ2) is 4.90. The van der Waals surface area contributed by atoms with Gasteiger partial charge < -0.3 is 0 Å². The van der Waals surface area contributed by atoms with E-state index in [4.69, 9.17) is 0 Å². The first-order valence-electron chi connectivity index (χ1n) is 4.54. The summed E-state index contributed by atoms with van der Waals surface area (Å²) >= 11 is 1.95. The molecular weight excluding hydrogens is 166 g/mol. The number of rotatable bonds is 3. The van der Waals surface area contributed by atoms with Crippen molar-refractivity contribution in [3.8, 4) is 0 Å². The van der Waals surface area contributed by atoms with E-state index < -0.39 is 0 Å². The van der Waals surface area contributed by atoms with E-state index in [2.05, 4.69) is 46.5 Å².